The van der Waals surface area contributed by atoms with Crippen LogP contribution in [0.1, 0.15) is 25.8 Å². The van der Waals surface area contributed by atoms with E-state index in [0.29, 0.717) is 33.9 Å². The Hall–Kier alpha value is -2.88. The zero-order valence-corrected chi connectivity index (χ0v) is 15.7. The first-order valence-corrected chi connectivity index (χ1v) is 8.93. The van der Waals surface area contributed by atoms with Crippen molar-refractivity contribution in [3.05, 3.63) is 36.2 Å². The Kier molecular flexibility index (Phi) is 5.75. The van der Waals surface area contributed by atoms with Gasteiger partial charge in [-0.05, 0) is 32.0 Å². The lowest BCUT2D eigenvalue weighted by Crippen LogP contribution is -2.05. The Morgan fingerprint density at radius 3 is 2.59 bits per heavy atom. The van der Waals surface area contributed by atoms with Gasteiger partial charge in [-0.15, -0.1) is 0 Å². The van der Waals surface area contributed by atoms with Crippen LogP contribution in [0.3, 0.4) is 0 Å². The monoisotopic (exact) mass is 392 g/mol. The lowest BCUT2D eigenvalue weighted by atomic mass is 10.2. The van der Waals surface area contributed by atoms with Gasteiger partial charge in [0, 0.05) is 30.3 Å². The Morgan fingerprint density at radius 2 is 1.96 bits per heavy atom. The van der Waals surface area contributed by atoms with Gasteiger partial charge in [-0.1, -0.05) is 0 Å². The lowest BCUT2D eigenvalue weighted by Gasteiger charge is -2.10. The van der Waals surface area contributed by atoms with Crippen LogP contribution in [0.4, 0.5) is 25.4 Å². The Morgan fingerprint density at radius 1 is 1.15 bits per heavy atom. The van der Waals surface area contributed by atoms with Gasteiger partial charge in [-0.2, -0.15) is 9.36 Å². The minimum absolute atomic E-state index is 0.0659. The number of pyridine rings is 2. The second-order valence-corrected chi connectivity index (χ2v) is 6.56. The molecule has 0 aliphatic rings. The molecule has 0 amide bonds. The number of aromatic nitrogens is 4. The topological polar surface area (TPSA) is 84.9 Å². The molecule has 3 rings (SSSR count). The number of hydrogen-bond acceptors (Lipinski definition) is 8. The second kappa shape index (κ2) is 8.21. The fraction of sp³-hybridized carbons (Fsp3) is 0.294. The van der Waals surface area contributed by atoms with E-state index in [1.54, 1.807) is 25.4 Å². The van der Waals surface area contributed by atoms with Gasteiger partial charge in [-0.3, -0.25) is 0 Å². The van der Waals surface area contributed by atoms with Crippen molar-refractivity contribution in [2.24, 2.45) is 0 Å². The number of anilines is 3. The maximum Gasteiger partial charge on any atom is 0.265 e. The highest BCUT2D eigenvalue weighted by Crippen LogP contribution is 2.29. The summed E-state index contributed by atoms with van der Waals surface area (Å²) in [6.07, 6.45) is 0.231. The van der Waals surface area contributed by atoms with Crippen LogP contribution in [0.15, 0.2) is 30.6 Å². The SMILES string of the molecule is CNc1cc(C(F)F)cnc1Nc1nc(-c2ccc(OC(C)C)cn2)ns1. The molecule has 142 valence electrons. The number of halogens is 2. The summed E-state index contributed by atoms with van der Waals surface area (Å²) in [6.45, 7) is 3.88. The predicted octanol–water partition coefficient (Wildman–Crippen LogP) is 4.51. The highest BCUT2D eigenvalue weighted by atomic mass is 32.1. The molecule has 0 bridgehead atoms. The van der Waals surface area contributed by atoms with Gasteiger partial charge in [0.15, 0.2) is 11.6 Å². The van der Waals surface area contributed by atoms with Gasteiger partial charge < -0.3 is 15.4 Å². The maximum atomic E-state index is 12.8. The molecular formula is C17H18F2N6OS. The van der Waals surface area contributed by atoms with Gasteiger partial charge in [0.25, 0.3) is 6.43 Å². The van der Waals surface area contributed by atoms with Crippen molar-refractivity contribution < 1.29 is 13.5 Å². The van der Waals surface area contributed by atoms with Crippen molar-refractivity contribution in [3.63, 3.8) is 0 Å². The molecule has 0 unspecified atom stereocenters. The average molecular weight is 392 g/mol. The van der Waals surface area contributed by atoms with Gasteiger partial charge in [0.1, 0.15) is 11.4 Å². The molecule has 0 saturated carbocycles. The van der Waals surface area contributed by atoms with E-state index < -0.39 is 6.43 Å². The van der Waals surface area contributed by atoms with E-state index in [9.17, 15) is 8.78 Å². The van der Waals surface area contributed by atoms with Crippen LogP contribution in [0.5, 0.6) is 5.75 Å². The summed E-state index contributed by atoms with van der Waals surface area (Å²) in [6, 6.07) is 4.93. The first kappa shape index (κ1) is 18.9. The van der Waals surface area contributed by atoms with E-state index in [1.807, 2.05) is 13.8 Å². The molecule has 0 aliphatic heterocycles. The van der Waals surface area contributed by atoms with Crippen LogP contribution >= 0.6 is 11.5 Å². The highest BCUT2D eigenvalue weighted by molar-refractivity contribution is 7.09. The van der Waals surface area contributed by atoms with Crippen LogP contribution in [0, 0.1) is 0 Å². The zero-order chi connectivity index (χ0) is 19.4. The first-order valence-electron chi connectivity index (χ1n) is 8.16. The Balaban J connectivity index is 1.76. The van der Waals surface area contributed by atoms with E-state index in [2.05, 4.69) is 30.0 Å². The third-order valence-corrected chi connectivity index (χ3v) is 4.05. The number of rotatable bonds is 7. The van der Waals surface area contributed by atoms with Gasteiger partial charge in [0.05, 0.1) is 18.0 Å². The molecule has 3 heterocycles. The molecule has 0 aliphatic carbocycles. The number of alkyl halides is 2. The summed E-state index contributed by atoms with van der Waals surface area (Å²) in [4.78, 5) is 12.7. The number of ether oxygens (including phenoxy) is 1. The van der Waals surface area contributed by atoms with E-state index in [4.69, 9.17) is 4.74 Å². The third kappa shape index (κ3) is 4.64. The van der Waals surface area contributed by atoms with Crippen molar-refractivity contribution in [2.45, 2.75) is 26.4 Å². The van der Waals surface area contributed by atoms with Crippen molar-refractivity contribution in [2.75, 3.05) is 17.7 Å². The van der Waals surface area contributed by atoms with E-state index in [-0.39, 0.29) is 11.7 Å². The summed E-state index contributed by atoms with van der Waals surface area (Å²) < 4.78 is 35.4. The average Bonchev–Trinajstić information content (AvgIpc) is 3.10. The molecular weight excluding hydrogens is 374 g/mol. The van der Waals surface area contributed by atoms with Crippen LogP contribution in [0.2, 0.25) is 0 Å². The summed E-state index contributed by atoms with van der Waals surface area (Å²) in [5.74, 6) is 1.51. The molecule has 10 heteroatoms. The normalized spacial score (nSPS) is 11.1. The smallest absolute Gasteiger partial charge is 0.265 e. The van der Waals surface area contributed by atoms with Gasteiger partial charge in [-0.25, -0.2) is 18.7 Å². The zero-order valence-electron chi connectivity index (χ0n) is 14.9. The number of nitrogens with one attached hydrogen (secondary N) is 2. The molecule has 7 nitrogen and oxygen atoms in total. The molecule has 0 radical (unpaired) electrons. The fourth-order valence-corrected chi connectivity index (χ4v) is 2.80. The van der Waals surface area contributed by atoms with Crippen LogP contribution in [-0.4, -0.2) is 32.5 Å². The molecule has 3 aromatic rings. The summed E-state index contributed by atoms with van der Waals surface area (Å²) >= 11 is 1.12. The molecule has 0 saturated heterocycles. The van der Waals surface area contributed by atoms with Gasteiger partial charge in [0.2, 0.25) is 5.13 Å². The van der Waals surface area contributed by atoms with Crippen molar-refractivity contribution in [1.82, 2.24) is 19.3 Å². The first-order chi connectivity index (χ1) is 13.0. The van der Waals surface area contributed by atoms with Crippen LogP contribution in [0.25, 0.3) is 11.5 Å². The maximum absolute atomic E-state index is 12.8. The quantitative estimate of drug-likeness (QED) is 0.612. The lowest BCUT2D eigenvalue weighted by molar-refractivity contribution is 0.151. The Labute approximate surface area is 159 Å². The molecule has 2 N–H and O–H groups in total. The fourth-order valence-electron chi connectivity index (χ4n) is 2.22. The van der Waals surface area contributed by atoms with Crippen molar-refractivity contribution >= 4 is 28.2 Å². The van der Waals surface area contributed by atoms with E-state index in [1.165, 1.54) is 6.07 Å². The largest absolute Gasteiger partial charge is 0.489 e. The van der Waals surface area contributed by atoms with E-state index in [0.717, 1.165) is 17.7 Å². The summed E-state index contributed by atoms with van der Waals surface area (Å²) in [7, 11) is 1.63. The molecule has 0 fully saturated rings. The molecule has 0 spiro atoms. The van der Waals surface area contributed by atoms with Crippen molar-refractivity contribution in [3.8, 4) is 17.3 Å². The molecule has 3 aromatic heterocycles. The standard InChI is InChI=1S/C17H18F2N6OS/c1-9(2)26-11-4-5-12(21-8-11)16-24-17(27-25-16)23-15-13(20-3)6-10(7-22-15)14(18)19/h4-9,14,20H,1-3H3,(H,22,23,24,25). The molecule has 27 heavy (non-hydrogen) atoms. The third-order valence-electron chi connectivity index (χ3n) is 3.42. The predicted molar refractivity (Wildman–Crippen MR) is 101 cm³/mol. The van der Waals surface area contributed by atoms with Crippen molar-refractivity contribution in [1.29, 1.82) is 0 Å². The summed E-state index contributed by atoms with van der Waals surface area (Å²) in [5, 5.41) is 6.31. The molecule has 0 atom stereocenters. The van der Waals surface area contributed by atoms with Crippen LogP contribution < -0.4 is 15.4 Å². The summed E-state index contributed by atoms with van der Waals surface area (Å²) in [5.41, 5.74) is 0.888. The minimum atomic E-state index is -2.58. The highest BCUT2D eigenvalue weighted by Gasteiger charge is 2.14. The van der Waals surface area contributed by atoms with Gasteiger partial charge >= 0.3 is 0 Å². The minimum Gasteiger partial charge on any atom is -0.489 e. The Bertz CT molecular complexity index is 901. The van der Waals surface area contributed by atoms with E-state index >= 15 is 0 Å². The van der Waals surface area contributed by atoms with Crippen LogP contribution in [-0.2, 0) is 0 Å². The second-order valence-electron chi connectivity index (χ2n) is 5.81. The number of nitrogens with zero attached hydrogens (tertiary/aromatic N) is 4. The number of hydrogen-bond donors (Lipinski definition) is 2. The molecule has 0 aromatic carbocycles.